The van der Waals surface area contributed by atoms with Gasteiger partial charge in [-0.05, 0) is 30.4 Å². The van der Waals surface area contributed by atoms with E-state index < -0.39 is 0 Å². The Balaban J connectivity index is 2.83. The summed E-state index contributed by atoms with van der Waals surface area (Å²) in [6, 6.07) is 0.222. The number of likely N-dealkylation sites (N-methyl/N-ethyl adjacent to an activating group) is 1. The fraction of sp³-hybridized carbons (Fsp3) is 0.875. The maximum absolute atomic E-state index is 5.66. The summed E-state index contributed by atoms with van der Waals surface area (Å²) in [4.78, 5) is 2.10. The molecule has 2 N–H and O–H groups in total. The van der Waals surface area contributed by atoms with E-state index in [9.17, 15) is 0 Å². The molecule has 0 spiro atoms. The van der Waals surface area contributed by atoms with Gasteiger partial charge in [-0.1, -0.05) is 18.9 Å². The number of anilines is 1. The van der Waals surface area contributed by atoms with Gasteiger partial charge in [0.05, 0.1) is 6.04 Å². The predicted octanol–water partition coefficient (Wildman–Crippen LogP) is 0.0140. The van der Waals surface area contributed by atoms with Crippen molar-refractivity contribution in [1.29, 1.82) is 0 Å². The van der Waals surface area contributed by atoms with Crippen molar-refractivity contribution in [3.63, 3.8) is 0 Å². The largest absolute Gasteiger partial charge is 0.367 e. The van der Waals surface area contributed by atoms with E-state index >= 15 is 0 Å². The Morgan fingerprint density at radius 1 is 1.43 bits per heavy atom. The van der Waals surface area contributed by atoms with Crippen molar-refractivity contribution < 1.29 is 0 Å². The molecule has 14 heavy (non-hydrogen) atoms. The molecule has 0 bridgehead atoms. The predicted molar refractivity (Wildman–Crippen MR) is 54.7 cm³/mol. The van der Waals surface area contributed by atoms with Crippen LogP contribution >= 0.6 is 0 Å². The van der Waals surface area contributed by atoms with Gasteiger partial charge < -0.3 is 10.6 Å². The molecule has 0 fully saturated rings. The van der Waals surface area contributed by atoms with Crippen LogP contribution in [0, 0.1) is 5.92 Å². The molecule has 0 aliphatic rings. The quantitative estimate of drug-likeness (QED) is 0.738. The van der Waals surface area contributed by atoms with Gasteiger partial charge in [0.2, 0.25) is 5.95 Å². The molecule has 0 saturated heterocycles. The summed E-state index contributed by atoms with van der Waals surface area (Å²) in [5.74, 6) is 0.828. The third-order valence-corrected chi connectivity index (χ3v) is 2.15. The van der Waals surface area contributed by atoms with Crippen molar-refractivity contribution in [1.82, 2.24) is 25.1 Å². The third kappa shape index (κ3) is 2.41. The van der Waals surface area contributed by atoms with Gasteiger partial charge in [0.25, 0.3) is 0 Å². The first kappa shape index (κ1) is 10.9. The first-order chi connectivity index (χ1) is 6.52. The number of nitrogen functional groups attached to an aromatic ring is 1. The standard InChI is InChI=1S/C8H18N6/c1-6(2)7(5-13(3)4)14-8(9)10-11-12-14/h6-7H,5H2,1-4H3,(H2,9,10,12). The van der Waals surface area contributed by atoms with Crippen molar-refractivity contribution in [2.24, 2.45) is 5.92 Å². The molecule has 0 aliphatic carbocycles. The summed E-state index contributed by atoms with van der Waals surface area (Å²) in [5, 5.41) is 11.1. The lowest BCUT2D eigenvalue weighted by atomic mass is 10.0. The summed E-state index contributed by atoms with van der Waals surface area (Å²) in [6.07, 6.45) is 0. The molecule has 1 heterocycles. The highest BCUT2D eigenvalue weighted by Crippen LogP contribution is 2.18. The van der Waals surface area contributed by atoms with Crippen molar-refractivity contribution in [3.8, 4) is 0 Å². The van der Waals surface area contributed by atoms with Gasteiger partial charge in [-0.3, -0.25) is 0 Å². The average Bonchev–Trinajstić information content (AvgIpc) is 2.46. The highest BCUT2D eigenvalue weighted by molar-refractivity contribution is 5.11. The molecule has 1 aromatic heterocycles. The molecule has 1 aromatic rings. The molecular weight excluding hydrogens is 180 g/mol. The van der Waals surface area contributed by atoms with Gasteiger partial charge in [-0.2, -0.15) is 0 Å². The number of nitrogens with zero attached hydrogens (tertiary/aromatic N) is 5. The Morgan fingerprint density at radius 2 is 2.07 bits per heavy atom. The van der Waals surface area contributed by atoms with Crippen molar-refractivity contribution in [2.45, 2.75) is 19.9 Å². The van der Waals surface area contributed by atoms with Gasteiger partial charge in [-0.15, -0.1) is 0 Å². The zero-order valence-electron chi connectivity index (χ0n) is 9.18. The third-order valence-electron chi connectivity index (χ3n) is 2.15. The van der Waals surface area contributed by atoms with Crippen molar-refractivity contribution in [3.05, 3.63) is 0 Å². The second-order valence-corrected chi connectivity index (χ2v) is 4.06. The second kappa shape index (κ2) is 4.36. The fourth-order valence-electron chi connectivity index (χ4n) is 1.38. The molecule has 0 radical (unpaired) electrons. The molecule has 0 aliphatic heterocycles. The maximum atomic E-state index is 5.66. The monoisotopic (exact) mass is 198 g/mol. The van der Waals surface area contributed by atoms with E-state index in [1.54, 1.807) is 4.68 Å². The van der Waals surface area contributed by atoms with Crippen LogP contribution in [0.15, 0.2) is 0 Å². The van der Waals surface area contributed by atoms with Gasteiger partial charge in [0.1, 0.15) is 0 Å². The molecule has 0 saturated carbocycles. The molecule has 1 rings (SSSR count). The summed E-state index contributed by atoms with van der Waals surface area (Å²) in [6.45, 7) is 5.15. The normalized spacial score (nSPS) is 13.9. The van der Waals surface area contributed by atoms with Crippen molar-refractivity contribution >= 4 is 5.95 Å². The molecule has 1 atom stereocenters. The maximum Gasteiger partial charge on any atom is 0.240 e. The van der Waals surface area contributed by atoms with E-state index in [0.29, 0.717) is 11.9 Å². The zero-order valence-corrected chi connectivity index (χ0v) is 9.18. The molecule has 0 amide bonds. The van der Waals surface area contributed by atoms with Gasteiger partial charge in [0.15, 0.2) is 0 Å². The minimum absolute atomic E-state index is 0.222. The lowest BCUT2D eigenvalue weighted by molar-refractivity contribution is 0.253. The van der Waals surface area contributed by atoms with Crippen LogP contribution in [0.3, 0.4) is 0 Å². The molecular formula is C8H18N6. The van der Waals surface area contributed by atoms with Crippen LogP contribution in [-0.2, 0) is 0 Å². The van der Waals surface area contributed by atoms with Crippen LogP contribution in [-0.4, -0.2) is 45.7 Å². The number of tetrazole rings is 1. The molecule has 6 heteroatoms. The molecule has 0 aromatic carbocycles. The average molecular weight is 198 g/mol. The number of rotatable bonds is 4. The van der Waals surface area contributed by atoms with Gasteiger partial charge >= 0.3 is 0 Å². The van der Waals surface area contributed by atoms with Gasteiger partial charge in [0, 0.05) is 6.54 Å². The van der Waals surface area contributed by atoms with Crippen LogP contribution in [0.25, 0.3) is 0 Å². The minimum Gasteiger partial charge on any atom is -0.367 e. The van der Waals surface area contributed by atoms with Gasteiger partial charge in [-0.25, -0.2) is 4.68 Å². The van der Waals surface area contributed by atoms with E-state index in [1.165, 1.54) is 0 Å². The lowest BCUT2D eigenvalue weighted by Crippen LogP contribution is -2.29. The SMILES string of the molecule is CC(C)C(CN(C)C)n1nnnc1N. The van der Waals surface area contributed by atoms with Crippen LogP contribution in [0.1, 0.15) is 19.9 Å². The van der Waals surface area contributed by atoms with Crippen LogP contribution in [0.4, 0.5) is 5.95 Å². The van der Waals surface area contributed by atoms with Crippen molar-refractivity contribution in [2.75, 3.05) is 26.4 Å². The summed E-state index contributed by atoms with van der Waals surface area (Å²) in [7, 11) is 4.05. The first-order valence-corrected chi connectivity index (χ1v) is 4.70. The van der Waals surface area contributed by atoms with E-state index in [1.807, 2.05) is 14.1 Å². The highest BCUT2D eigenvalue weighted by Gasteiger charge is 2.19. The lowest BCUT2D eigenvalue weighted by Gasteiger charge is -2.24. The molecule has 1 unspecified atom stereocenters. The van der Waals surface area contributed by atoms with E-state index in [4.69, 9.17) is 5.73 Å². The van der Waals surface area contributed by atoms with Crippen LogP contribution < -0.4 is 5.73 Å². The van der Waals surface area contributed by atoms with E-state index in [0.717, 1.165) is 6.54 Å². The Labute approximate surface area is 84.1 Å². The zero-order chi connectivity index (χ0) is 10.7. The topological polar surface area (TPSA) is 72.9 Å². The Morgan fingerprint density at radius 3 is 2.43 bits per heavy atom. The Bertz CT molecular complexity index is 279. The smallest absolute Gasteiger partial charge is 0.240 e. The number of hydrogen-bond acceptors (Lipinski definition) is 5. The summed E-state index contributed by atoms with van der Waals surface area (Å²) in [5.41, 5.74) is 5.66. The van der Waals surface area contributed by atoms with Crippen LogP contribution in [0.2, 0.25) is 0 Å². The van der Waals surface area contributed by atoms with E-state index in [-0.39, 0.29) is 6.04 Å². The second-order valence-electron chi connectivity index (χ2n) is 4.06. The number of hydrogen-bond donors (Lipinski definition) is 1. The summed E-state index contributed by atoms with van der Waals surface area (Å²) >= 11 is 0. The van der Waals surface area contributed by atoms with Crippen LogP contribution in [0.5, 0.6) is 0 Å². The fourth-order valence-corrected chi connectivity index (χ4v) is 1.38. The van der Waals surface area contributed by atoms with E-state index in [2.05, 4.69) is 34.3 Å². The number of aromatic nitrogens is 4. The minimum atomic E-state index is 0.222. The first-order valence-electron chi connectivity index (χ1n) is 4.70. The molecule has 80 valence electrons. The Kier molecular flexibility index (Phi) is 3.40. The number of nitrogens with two attached hydrogens (primary N) is 1. The highest BCUT2D eigenvalue weighted by atomic mass is 15.6. The molecule has 6 nitrogen and oxygen atoms in total. The Hall–Kier alpha value is -1.17. The summed E-state index contributed by atoms with van der Waals surface area (Å²) < 4.78 is 1.69.